The molecule has 0 aliphatic heterocycles. The molecular formula is C59H37N3S. The molecule has 0 saturated carbocycles. The van der Waals surface area contributed by atoms with Gasteiger partial charge in [0.15, 0.2) is 5.82 Å². The van der Waals surface area contributed by atoms with Crippen LogP contribution >= 0.6 is 11.3 Å². The molecule has 3 heterocycles. The van der Waals surface area contributed by atoms with Crippen LogP contribution in [0.5, 0.6) is 0 Å². The number of thiophene rings is 1. The lowest BCUT2D eigenvalue weighted by atomic mass is 9.95. The average Bonchev–Trinajstić information content (AvgIpc) is 3.77. The zero-order chi connectivity index (χ0) is 41.7. The molecule has 12 rings (SSSR count). The fourth-order valence-electron chi connectivity index (χ4n) is 8.94. The van der Waals surface area contributed by atoms with E-state index in [1.165, 1.54) is 53.0 Å². The smallest absolute Gasteiger partial charge is 0.160 e. The van der Waals surface area contributed by atoms with E-state index in [0.29, 0.717) is 5.82 Å². The van der Waals surface area contributed by atoms with Crippen molar-refractivity contribution in [3.63, 3.8) is 0 Å². The molecule has 0 unspecified atom stereocenters. The van der Waals surface area contributed by atoms with Crippen molar-refractivity contribution in [2.75, 3.05) is 0 Å². The zero-order valence-electron chi connectivity index (χ0n) is 34.1. The lowest BCUT2D eigenvalue weighted by Crippen LogP contribution is -1.96. The first-order chi connectivity index (χ1) is 31.2. The Hall–Kier alpha value is -8.05. The summed E-state index contributed by atoms with van der Waals surface area (Å²) in [7, 11) is 0. The quantitative estimate of drug-likeness (QED) is 0.161. The summed E-state index contributed by atoms with van der Waals surface area (Å²) in [6, 6.07) is 79.6. The minimum absolute atomic E-state index is 0.685. The Kier molecular flexibility index (Phi) is 9.02. The summed E-state index contributed by atoms with van der Waals surface area (Å²) in [5, 5.41) is 6.03. The van der Waals surface area contributed by atoms with Gasteiger partial charge in [-0.2, -0.15) is 0 Å². The van der Waals surface area contributed by atoms with Crippen LogP contribution in [0.15, 0.2) is 224 Å². The van der Waals surface area contributed by atoms with Crippen LogP contribution in [0.2, 0.25) is 0 Å². The van der Waals surface area contributed by atoms with Crippen molar-refractivity contribution in [2.24, 2.45) is 0 Å². The monoisotopic (exact) mass is 819 g/mol. The molecule has 12 aromatic rings. The van der Waals surface area contributed by atoms with Crippen molar-refractivity contribution in [3.8, 4) is 78.5 Å². The first-order valence-corrected chi connectivity index (χ1v) is 22.1. The van der Waals surface area contributed by atoms with E-state index in [-0.39, 0.29) is 0 Å². The van der Waals surface area contributed by atoms with Crippen molar-refractivity contribution in [3.05, 3.63) is 224 Å². The molecule has 0 amide bonds. The van der Waals surface area contributed by atoms with Gasteiger partial charge in [0.05, 0.1) is 22.6 Å². The third-order valence-corrected chi connectivity index (χ3v) is 13.3. The van der Waals surface area contributed by atoms with E-state index in [4.69, 9.17) is 15.0 Å². The Labute approximate surface area is 369 Å². The van der Waals surface area contributed by atoms with Gasteiger partial charge in [0.2, 0.25) is 0 Å². The third-order valence-electron chi connectivity index (χ3n) is 12.1. The summed E-state index contributed by atoms with van der Waals surface area (Å²) in [4.78, 5) is 16.0. The Morgan fingerprint density at radius 1 is 0.317 bits per heavy atom. The highest BCUT2D eigenvalue weighted by Crippen LogP contribution is 2.46. The van der Waals surface area contributed by atoms with E-state index in [9.17, 15) is 0 Å². The normalized spacial score (nSPS) is 11.5. The highest BCUT2D eigenvalue weighted by Gasteiger charge is 2.20. The molecular weight excluding hydrogens is 783 g/mol. The molecule has 0 spiro atoms. The van der Waals surface area contributed by atoms with E-state index in [1.54, 1.807) is 0 Å². The summed E-state index contributed by atoms with van der Waals surface area (Å²) in [5.74, 6) is 0.685. The topological polar surface area (TPSA) is 38.7 Å². The highest BCUT2D eigenvalue weighted by molar-refractivity contribution is 7.26. The van der Waals surface area contributed by atoms with Gasteiger partial charge in [-0.15, -0.1) is 11.3 Å². The van der Waals surface area contributed by atoms with Crippen LogP contribution < -0.4 is 0 Å². The predicted molar refractivity (Wildman–Crippen MR) is 266 cm³/mol. The van der Waals surface area contributed by atoms with Gasteiger partial charge in [0, 0.05) is 53.4 Å². The van der Waals surface area contributed by atoms with Crippen LogP contribution in [-0.2, 0) is 0 Å². The number of hydrogen-bond acceptors (Lipinski definition) is 4. The molecule has 9 aromatic carbocycles. The predicted octanol–water partition coefficient (Wildman–Crippen LogP) is 16.2. The van der Waals surface area contributed by atoms with Crippen molar-refractivity contribution < 1.29 is 0 Å². The average molecular weight is 820 g/mol. The molecule has 0 atom stereocenters. The summed E-state index contributed by atoms with van der Waals surface area (Å²) in [6.45, 7) is 0. The first kappa shape index (κ1) is 36.8. The molecule has 0 bridgehead atoms. The Bertz CT molecular complexity index is 3530. The number of para-hydroxylation sites is 1. The molecule has 0 saturated heterocycles. The second-order valence-corrected chi connectivity index (χ2v) is 17.0. The Balaban J connectivity index is 0.979. The summed E-state index contributed by atoms with van der Waals surface area (Å²) < 4.78 is 2.53. The first-order valence-electron chi connectivity index (χ1n) is 21.3. The second kappa shape index (κ2) is 15.4. The molecule has 0 fully saturated rings. The Morgan fingerprint density at radius 3 is 1.46 bits per heavy atom. The van der Waals surface area contributed by atoms with E-state index in [1.807, 2.05) is 23.5 Å². The fraction of sp³-hybridized carbons (Fsp3) is 0. The van der Waals surface area contributed by atoms with Crippen LogP contribution in [0.3, 0.4) is 0 Å². The van der Waals surface area contributed by atoms with Gasteiger partial charge >= 0.3 is 0 Å². The van der Waals surface area contributed by atoms with Crippen molar-refractivity contribution >= 4 is 53.2 Å². The minimum atomic E-state index is 0.685. The number of aromatic nitrogens is 3. The maximum absolute atomic E-state index is 5.63. The van der Waals surface area contributed by atoms with Crippen LogP contribution in [0, 0.1) is 0 Å². The maximum Gasteiger partial charge on any atom is 0.160 e. The van der Waals surface area contributed by atoms with Crippen molar-refractivity contribution in [2.45, 2.75) is 0 Å². The summed E-state index contributed by atoms with van der Waals surface area (Å²) in [6.07, 6.45) is 0. The molecule has 0 aliphatic carbocycles. The third kappa shape index (κ3) is 6.65. The van der Waals surface area contributed by atoms with E-state index < -0.39 is 0 Å². The van der Waals surface area contributed by atoms with Crippen molar-refractivity contribution in [1.82, 2.24) is 15.0 Å². The molecule has 294 valence electrons. The van der Waals surface area contributed by atoms with Gasteiger partial charge in [-0.1, -0.05) is 212 Å². The number of pyridine rings is 1. The lowest BCUT2D eigenvalue weighted by Gasteiger charge is -2.14. The van der Waals surface area contributed by atoms with Gasteiger partial charge < -0.3 is 0 Å². The van der Waals surface area contributed by atoms with E-state index in [0.717, 1.165) is 61.5 Å². The van der Waals surface area contributed by atoms with Crippen LogP contribution in [0.25, 0.3) is 120 Å². The van der Waals surface area contributed by atoms with E-state index >= 15 is 0 Å². The SMILES string of the molecule is c1ccc(-c2ccc(-c3cc(-c4ccc(-c5cccc6c5nc(-c5cccc7ccccc57)c5c7ccccc7sc65)cc4)nc(-c4ccc(-c5ccccc5)cc4)n3)cc2)cc1. The largest absolute Gasteiger partial charge is 0.246 e. The molecule has 0 aliphatic rings. The van der Waals surface area contributed by atoms with Gasteiger partial charge in [-0.3, -0.25) is 0 Å². The van der Waals surface area contributed by atoms with Gasteiger partial charge in [-0.25, -0.2) is 15.0 Å². The standard InChI is InChI=1S/C59H37N3S/c1-3-13-38(14-4-1)40-25-31-44(32-26-40)52-37-53(61-59(60-52)46-35-27-41(28-36-46)39-15-5-2-6-16-39)45-33-29-43(30-34-45)48-21-12-23-51-56(48)62-57(49-22-11-18-42-17-7-8-19-47(42)49)55-50-20-9-10-24-54(50)63-58(51)55/h1-37H. The molecule has 3 aromatic heterocycles. The zero-order valence-corrected chi connectivity index (χ0v) is 34.9. The molecule has 63 heavy (non-hydrogen) atoms. The molecule has 4 heteroatoms. The summed E-state index contributed by atoms with van der Waals surface area (Å²) in [5.41, 5.74) is 14.8. The van der Waals surface area contributed by atoms with Gasteiger partial charge in [0.25, 0.3) is 0 Å². The number of hydrogen-bond donors (Lipinski definition) is 0. The number of benzene rings is 9. The number of fused-ring (bicyclic) bond motifs is 6. The number of rotatable bonds is 7. The van der Waals surface area contributed by atoms with Gasteiger partial charge in [-0.05, 0) is 50.7 Å². The molecule has 0 radical (unpaired) electrons. The van der Waals surface area contributed by atoms with Crippen LogP contribution in [-0.4, -0.2) is 15.0 Å². The lowest BCUT2D eigenvalue weighted by molar-refractivity contribution is 1.18. The van der Waals surface area contributed by atoms with Crippen LogP contribution in [0.1, 0.15) is 0 Å². The maximum atomic E-state index is 5.63. The van der Waals surface area contributed by atoms with Crippen molar-refractivity contribution in [1.29, 1.82) is 0 Å². The molecule has 0 N–H and O–H groups in total. The van der Waals surface area contributed by atoms with Crippen LogP contribution in [0.4, 0.5) is 0 Å². The summed E-state index contributed by atoms with van der Waals surface area (Å²) >= 11 is 1.85. The number of nitrogens with zero attached hydrogens (tertiary/aromatic N) is 3. The van der Waals surface area contributed by atoms with Gasteiger partial charge in [0.1, 0.15) is 0 Å². The molecule has 3 nitrogen and oxygen atoms in total. The highest BCUT2D eigenvalue weighted by atomic mass is 32.1. The fourth-order valence-corrected chi connectivity index (χ4v) is 10.2. The Morgan fingerprint density at radius 2 is 0.794 bits per heavy atom. The van der Waals surface area contributed by atoms with E-state index in [2.05, 4.69) is 212 Å². The minimum Gasteiger partial charge on any atom is -0.246 e. The second-order valence-electron chi connectivity index (χ2n) is 15.9.